The van der Waals surface area contributed by atoms with Crippen molar-refractivity contribution >= 4 is 12.0 Å². The van der Waals surface area contributed by atoms with E-state index in [2.05, 4.69) is 18.5 Å². The fourth-order valence-electron chi connectivity index (χ4n) is 0.723. The molecule has 78 valence electrons. The molecule has 0 radical (unpaired) electrons. The van der Waals surface area contributed by atoms with Crippen LogP contribution in [-0.2, 0) is 9.53 Å². The number of urea groups is 1. The SMILES string of the molecule is C=CC(=O)OCCN(C=C)C(=O)NC. The van der Waals surface area contributed by atoms with Crippen LogP contribution in [0.5, 0.6) is 0 Å². The lowest BCUT2D eigenvalue weighted by molar-refractivity contribution is -0.137. The third-order valence-corrected chi connectivity index (χ3v) is 1.44. The number of hydrogen-bond acceptors (Lipinski definition) is 3. The molecule has 0 aliphatic rings. The van der Waals surface area contributed by atoms with Gasteiger partial charge in [0.15, 0.2) is 0 Å². The Morgan fingerprint density at radius 2 is 2.14 bits per heavy atom. The molecule has 0 aliphatic carbocycles. The first-order chi connectivity index (χ1) is 6.65. The van der Waals surface area contributed by atoms with Gasteiger partial charge in [-0.15, -0.1) is 0 Å². The number of carbonyl (C=O) groups is 2. The number of amides is 2. The van der Waals surface area contributed by atoms with E-state index in [-0.39, 0.29) is 19.2 Å². The predicted molar refractivity (Wildman–Crippen MR) is 52.5 cm³/mol. The fraction of sp³-hybridized carbons (Fsp3) is 0.333. The van der Waals surface area contributed by atoms with Gasteiger partial charge >= 0.3 is 12.0 Å². The molecule has 0 rings (SSSR count). The summed E-state index contributed by atoms with van der Waals surface area (Å²) in [6.07, 6.45) is 2.43. The molecular formula is C9H14N2O3. The lowest BCUT2D eigenvalue weighted by atomic mass is 10.5. The van der Waals surface area contributed by atoms with Crippen molar-refractivity contribution in [1.29, 1.82) is 0 Å². The lowest BCUT2D eigenvalue weighted by Gasteiger charge is -2.16. The monoisotopic (exact) mass is 198 g/mol. The van der Waals surface area contributed by atoms with Gasteiger partial charge in [0, 0.05) is 19.3 Å². The van der Waals surface area contributed by atoms with E-state index in [1.54, 1.807) is 0 Å². The second-order valence-electron chi connectivity index (χ2n) is 2.30. The summed E-state index contributed by atoms with van der Waals surface area (Å²) in [6.45, 7) is 7.08. The lowest BCUT2D eigenvalue weighted by Crippen LogP contribution is -2.36. The first-order valence-electron chi connectivity index (χ1n) is 4.05. The van der Waals surface area contributed by atoms with Crippen LogP contribution in [0, 0.1) is 0 Å². The Hall–Kier alpha value is -1.78. The van der Waals surface area contributed by atoms with Gasteiger partial charge < -0.3 is 10.1 Å². The van der Waals surface area contributed by atoms with Gasteiger partial charge in [0.25, 0.3) is 0 Å². The number of nitrogens with zero attached hydrogens (tertiary/aromatic N) is 1. The minimum absolute atomic E-state index is 0.115. The average Bonchev–Trinajstić information content (AvgIpc) is 2.22. The second-order valence-corrected chi connectivity index (χ2v) is 2.30. The van der Waals surface area contributed by atoms with E-state index in [0.717, 1.165) is 6.08 Å². The third-order valence-electron chi connectivity index (χ3n) is 1.44. The van der Waals surface area contributed by atoms with E-state index in [1.165, 1.54) is 18.1 Å². The number of nitrogens with one attached hydrogen (secondary N) is 1. The zero-order chi connectivity index (χ0) is 11.0. The standard InChI is InChI=1S/C9H14N2O3/c1-4-8(12)14-7-6-11(5-2)9(13)10-3/h4-5H,1-2,6-7H2,3H3,(H,10,13). The van der Waals surface area contributed by atoms with Crippen LogP contribution >= 0.6 is 0 Å². The summed E-state index contributed by atoms with van der Waals surface area (Å²) in [7, 11) is 1.51. The molecule has 5 nitrogen and oxygen atoms in total. The minimum Gasteiger partial charge on any atom is -0.461 e. The highest BCUT2D eigenvalue weighted by molar-refractivity contribution is 5.81. The van der Waals surface area contributed by atoms with Crippen LogP contribution in [0.3, 0.4) is 0 Å². The van der Waals surface area contributed by atoms with E-state index in [4.69, 9.17) is 4.74 Å². The maximum atomic E-state index is 11.1. The summed E-state index contributed by atoms with van der Waals surface area (Å²) in [4.78, 5) is 23.0. The molecule has 0 atom stereocenters. The molecule has 0 saturated heterocycles. The topological polar surface area (TPSA) is 58.6 Å². The Balaban J connectivity index is 3.84. The van der Waals surface area contributed by atoms with Crippen LogP contribution in [0.2, 0.25) is 0 Å². The van der Waals surface area contributed by atoms with Crippen LogP contribution in [-0.4, -0.2) is 37.1 Å². The third kappa shape index (κ3) is 4.30. The zero-order valence-corrected chi connectivity index (χ0v) is 8.16. The summed E-state index contributed by atoms with van der Waals surface area (Å²) in [6, 6.07) is -0.297. The van der Waals surface area contributed by atoms with Crippen LogP contribution in [0.4, 0.5) is 4.79 Å². The molecule has 0 unspecified atom stereocenters. The van der Waals surface area contributed by atoms with Crippen LogP contribution < -0.4 is 5.32 Å². The Morgan fingerprint density at radius 1 is 1.50 bits per heavy atom. The normalized spacial score (nSPS) is 8.64. The fourth-order valence-corrected chi connectivity index (χ4v) is 0.723. The van der Waals surface area contributed by atoms with Gasteiger partial charge in [-0.05, 0) is 0 Å². The molecule has 0 heterocycles. The van der Waals surface area contributed by atoms with Crippen molar-refractivity contribution in [2.75, 3.05) is 20.2 Å². The molecule has 0 aromatic carbocycles. The van der Waals surface area contributed by atoms with Crippen molar-refractivity contribution in [2.24, 2.45) is 0 Å². The molecule has 0 aromatic rings. The van der Waals surface area contributed by atoms with Crippen molar-refractivity contribution in [3.8, 4) is 0 Å². The molecule has 5 heteroatoms. The molecule has 0 saturated carbocycles. The molecular weight excluding hydrogens is 184 g/mol. The zero-order valence-electron chi connectivity index (χ0n) is 8.16. The smallest absolute Gasteiger partial charge is 0.330 e. The predicted octanol–water partition coefficient (Wildman–Crippen LogP) is 0.500. The molecule has 0 aromatic heterocycles. The van der Waals surface area contributed by atoms with Gasteiger partial charge in [-0.1, -0.05) is 13.2 Å². The first kappa shape index (κ1) is 12.2. The van der Waals surface area contributed by atoms with Gasteiger partial charge in [0.05, 0.1) is 6.54 Å². The van der Waals surface area contributed by atoms with Crippen LogP contribution in [0.1, 0.15) is 0 Å². The van der Waals surface area contributed by atoms with Crippen LogP contribution in [0.15, 0.2) is 25.4 Å². The molecule has 2 amide bonds. The highest BCUT2D eigenvalue weighted by Crippen LogP contribution is 1.90. The summed E-state index contributed by atoms with van der Waals surface area (Å²) < 4.78 is 4.69. The molecule has 0 fully saturated rings. The second kappa shape index (κ2) is 6.71. The Bertz CT molecular complexity index is 238. The summed E-state index contributed by atoms with van der Waals surface area (Å²) in [5.41, 5.74) is 0. The first-order valence-corrected chi connectivity index (χ1v) is 4.05. The highest BCUT2D eigenvalue weighted by Gasteiger charge is 2.07. The number of ether oxygens (including phenoxy) is 1. The Morgan fingerprint density at radius 3 is 2.57 bits per heavy atom. The van der Waals surface area contributed by atoms with Gasteiger partial charge in [0.2, 0.25) is 0 Å². The maximum Gasteiger partial charge on any atom is 0.330 e. The van der Waals surface area contributed by atoms with E-state index in [0.29, 0.717) is 0 Å². The maximum absolute atomic E-state index is 11.1. The van der Waals surface area contributed by atoms with Gasteiger partial charge in [-0.2, -0.15) is 0 Å². The number of hydrogen-bond donors (Lipinski definition) is 1. The van der Waals surface area contributed by atoms with Crippen molar-refractivity contribution in [3.63, 3.8) is 0 Å². The van der Waals surface area contributed by atoms with Gasteiger partial charge in [-0.25, -0.2) is 9.59 Å². The van der Waals surface area contributed by atoms with Crippen molar-refractivity contribution < 1.29 is 14.3 Å². The van der Waals surface area contributed by atoms with Crippen molar-refractivity contribution in [3.05, 3.63) is 25.4 Å². The van der Waals surface area contributed by atoms with Gasteiger partial charge in [-0.3, -0.25) is 4.90 Å². The molecule has 0 spiro atoms. The van der Waals surface area contributed by atoms with E-state index in [1.807, 2.05) is 0 Å². The van der Waals surface area contributed by atoms with Crippen molar-refractivity contribution in [1.82, 2.24) is 10.2 Å². The average molecular weight is 198 g/mol. The van der Waals surface area contributed by atoms with E-state index < -0.39 is 5.97 Å². The summed E-state index contributed by atoms with van der Waals surface area (Å²) >= 11 is 0. The summed E-state index contributed by atoms with van der Waals surface area (Å²) in [5.74, 6) is -0.508. The largest absolute Gasteiger partial charge is 0.461 e. The quantitative estimate of drug-likeness (QED) is 0.517. The van der Waals surface area contributed by atoms with E-state index >= 15 is 0 Å². The molecule has 0 bridgehead atoms. The molecule has 0 aliphatic heterocycles. The summed E-state index contributed by atoms with van der Waals surface area (Å²) in [5, 5.41) is 2.42. The number of carbonyl (C=O) groups excluding carboxylic acids is 2. The van der Waals surface area contributed by atoms with E-state index in [9.17, 15) is 9.59 Å². The molecule has 1 N–H and O–H groups in total. The number of rotatable bonds is 5. The van der Waals surface area contributed by atoms with Crippen molar-refractivity contribution in [2.45, 2.75) is 0 Å². The number of esters is 1. The van der Waals surface area contributed by atoms with Gasteiger partial charge in [0.1, 0.15) is 6.61 Å². The Kier molecular flexibility index (Phi) is 5.85. The molecule has 14 heavy (non-hydrogen) atoms. The van der Waals surface area contributed by atoms with Crippen LogP contribution in [0.25, 0.3) is 0 Å². The Labute approximate surface area is 83.0 Å². The minimum atomic E-state index is -0.508. The highest BCUT2D eigenvalue weighted by atomic mass is 16.5.